The molecule has 0 aliphatic heterocycles. The zero-order valence-electron chi connectivity index (χ0n) is 7.00. The molecule has 0 saturated heterocycles. The van der Waals surface area contributed by atoms with E-state index in [0.29, 0.717) is 0 Å². The molecule has 13 heavy (non-hydrogen) atoms. The molecule has 68 valence electrons. The highest BCUT2D eigenvalue weighted by Crippen LogP contribution is 2.26. The van der Waals surface area contributed by atoms with Crippen LogP contribution in [0.25, 0.3) is 5.70 Å². The maximum absolute atomic E-state index is 3.46. The average Bonchev–Trinajstić information content (AvgIpc) is 2.49. The van der Waals surface area contributed by atoms with Gasteiger partial charge in [0.2, 0.25) is 0 Å². The highest BCUT2D eigenvalue weighted by Gasteiger charge is 2.04. The Morgan fingerprint density at radius 3 is 2.31 bits per heavy atom. The fraction of sp³-hybridized carbons (Fsp3) is 0.200. The molecule has 0 atom stereocenters. The summed E-state index contributed by atoms with van der Waals surface area (Å²) in [5.41, 5.74) is 1.25. The van der Waals surface area contributed by atoms with Gasteiger partial charge in [-0.2, -0.15) is 0 Å². The minimum atomic E-state index is 1.09. The van der Waals surface area contributed by atoms with Crippen molar-refractivity contribution in [2.75, 3.05) is 0 Å². The maximum atomic E-state index is 3.46. The van der Waals surface area contributed by atoms with Crippen molar-refractivity contribution >= 4 is 37.6 Å². The number of allylic oxidation sites excluding steroid dienone is 4. The summed E-state index contributed by atoms with van der Waals surface area (Å²) in [6.45, 7) is 0. The highest BCUT2D eigenvalue weighted by atomic mass is 79.9. The van der Waals surface area contributed by atoms with Crippen molar-refractivity contribution in [2.45, 2.75) is 12.8 Å². The minimum Gasteiger partial charge on any atom is -0.322 e. The molecule has 0 amide bonds. The van der Waals surface area contributed by atoms with E-state index in [9.17, 15) is 0 Å². The van der Waals surface area contributed by atoms with Crippen LogP contribution in [0.4, 0.5) is 0 Å². The molecule has 1 aliphatic carbocycles. The van der Waals surface area contributed by atoms with Gasteiger partial charge in [0.05, 0.1) is 0 Å². The summed E-state index contributed by atoms with van der Waals surface area (Å²) in [5, 5.41) is 0. The van der Waals surface area contributed by atoms with Crippen LogP contribution < -0.4 is 0 Å². The van der Waals surface area contributed by atoms with Crippen LogP contribution in [-0.2, 0) is 0 Å². The third-order valence-electron chi connectivity index (χ3n) is 2.01. The number of hydrogen-bond acceptors (Lipinski definition) is 0. The standard InChI is InChI=1S/C10H9Br2N/c11-9-6-13(7-10(9)12)8-4-2-1-3-5-8/h2,4-7H,1,3H2. The molecule has 1 aromatic heterocycles. The molecule has 1 aromatic rings. The van der Waals surface area contributed by atoms with Gasteiger partial charge in [-0.05, 0) is 50.8 Å². The second-order valence-electron chi connectivity index (χ2n) is 2.97. The summed E-state index contributed by atoms with van der Waals surface area (Å²) in [7, 11) is 0. The Labute approximate surface area is 94.4 Å². The predicted molar refractivity (Wildman–Crippen MR) is 62.5 cm³/mol. The van der Waals surface area contributed by atoms with Crippen LogP contribution in [0.5, 0.6) is 0 Å². The van der Waals surface area contributed by atoms with Crippen molar-refractivity contribution in [2.24, 2.45) is 0 Å². The fourth-order valence-corrected chi connectivity index (χ4v) is 1.99. The van der Waals surface area contributed by atoms with E-state index in [2.05, 4.69) is 67.0 Å². The summed E-state index contributed by atoms with van der Waals surface area (Å²) < 4.78 is 4.30. The first-order valence-electron chi connectivity index (χ1n) is 4.17. The van der Waals surface area contributed by atoms with E-state index < -0.39 is 0 Å². The van der Waals surface area contributed by atoms with Crippen LogP contribution in [0.2, 0.25) is 0 Å². The highest BCUT2D eigenvalue weighted by molar-refractivity contribution is 9.13. The maximum Gasteiger partial charge on any atom is 0.0498 e. The Morgan fingerprint density at radius 2 is 1.77 bits per heavy atom. The molecule has 0 spiro atoms. The Kier molecular flexibility index (Phi) is 2.74. The lowest BCUT2D eigenvalue weighted by molar-refractivity contribution is 1.00. The predicted octanol–water partition coefficient (Wildman–Crippen LogP) is 4.20. The summed E-state index contributed by atoms with van der Waals surface area (Å²) >= 11 is 6.93. The third-order valence-corrected chi connectivity index (χ3v) is 3.80. The normalized spacial score (nSPS) is 16.0. The van der Waals surface area contributed by atoms with Gasteiger partial charge in [-0.1, -0.05) is 12.2 Å². The van der Waals surface area contributed by atoms with E-state index in [1.165, 1.54) is 5.70 Å². The molecule has 0 N–H and O–H groups in total. The Hall–Kier alpha value is -0.280. The van der Waals surface area contributed by atoms with Crippen LogP contribution in [-0.4, -0.2) is 4.57 Å². The molecule has 0 unspecified atom stereocenters. The molecule has 0 bridgehead atoms. The summed E-state index contributed by atoms with van der Waals surface area (Å²) in [6, 6.07) is 0. The van der Waals surface area contributed by atoms with Crippen molar-refractivity contribution in [3.05, 3.63) is 39.6 Å². The van der Waals surface area contributed by atoms with Crippen molar-refractivity contribution in [1.29, 1.82) is 0 Å². The summed E-state index contributed by atoms with van der Waals surface area (Å²) in [6.07, 6.45) is 13.0. The van der Waals surface area contributed by atoms with Gasteiger partial charge in [0, 0.05) is 27.0 Å². The van der Waals surface area contributed by atoms with Crippen molar-refractivity contribution < 1.29 is 0 Å². The van der Waals surface area contributed by atoms with Gasteiger partial charge in [0.25, 0.3) is 0 Å². The third kappa shape index (κ3) is 1.97. The van der Waals surface area contributed by atoms with E-state index in [1.807, 2.05) is 0 Å². The van der Waals surface area contributed by atoms with Crippen LogP contribution in [0.15, 0.2) is 39.6 Å². The first-order chi connectivity index (χ1) is 6.27. The Bertz CT molecular complexity index is 355. The number of nitrogens with zero attached hydrogens (tertiary/aromatic N) is 1. The first-order valence-corrected chi connectivity index (χ1v) is 5.76. The molecule has 1 nitrogen and oxygen atoms in total. The van der Waals surface area contributed by atoms with E-state index in [4.69, 9.17) is 0 Å². The van der Waals surface area contributed by atoms with Gasteiger partial charge in [0.1, 0.15) is 0 Å². The number of hydrogen-bond donors (Lipinski definition) is 0. The quantitative estimate of drug-likeness (QED) is 0.732. The van der Waals surface area contributed by atoms with Gasteiger partial charge in [-0.15, -0.1) is 0 Å². The topological polar surface area (TPSA) is 4.93 Å². The molecule has 0 aromatic carbocycles. The van der Waals surface area contributed by atoms with Crippen LogP contribution in [0.3, 0.4) is 0 Å². The van der Waals surface area contributed by atoms with Crippen molar-refractivity contribution in [3.63, 3.8) is 0 Å². The zero-order chi connectivity index (χ0) is 9.26. The van der Waals surface area contributed by atoms with Gasteiger partial charge in [-0.25, -0.2) is 0 Å². The van der Waals surface area contributed by atoms with E-state index in [-0.39, 0.29) is 0 Å². The van der Waals surface area contributed by atoms with Gasteiger partial charge in [0.15, 0.2) is 0 Å². The van der Waals surface area contributed by atoms with E-state index in [0.717, 1.165) is 21.8 Å². The van der Waals surface area contributed by atoms with Crippen LogP contribution in [0, 0.1) is 0 Å². The summed E-state index contributed by atoms with van der Waals surface area (Å²) in [4.78, 5) is 0. The molecule has 1 heterocycles. The summed E-state index contributed by atoms with van der Waals surface area (Å²) in [5.74, 6) is 0. The van der Waals surface area contributed by atoms with Crippen LogP contribution in [0.1, 0.15) is 12.8 Å². The largest absolute Gasteiger partial charge is 0.322 e. The van der Waals surface area contributed by atoms with E-state index >= 15 is 0 Å². The molecule has 0 fully saturated rings. The fourth-order valence-electron chi connectivity index (χ4n) is 1.34. The number of halogens is 2. The molecule has 1 aliphatic rings. The lowest BCUT2D eigenvalue weighted by Crippen LogP contribution is -1.92. The zero-order valence-corrected chi connectivity index (χ0v) is 10.2. The molecule has 3 heteroatoms. The number of aromatic nitrogens is 1. The lowest BCUT2D eigenvalue weighted by Gasteiger charge is -2.07. The second kappa shape index (κ2) is 3.84. The molecule has 0 saturated carbocycles. The van der Waals surface area contributed by atoms with E-state index in [1.54, 1.807) is 0 Å². The van der Waals surface area contributed by atoms with Crippen molar-refractivity contribution in [3.8, 4) is 0 Å². The van der Waals surface area contributed by atoms with Crippen molar-refractivity contribution in [1.82, 2.24) is 4.57 Å². The first kappa shape index (κ1) is 9.28. The Morgan fingerprint density at radius 1 is 1.08 bits per heavy atom. The SMILES string of the molecule is Brc1cn(C2=CCCC=C2)cc1Br. The number of rotatable bonds is 1. The molecular formula is C10H9Br2N. The Balaban J connectivity index is 2.35. The monoisotopic (exact) mass is 301 g/mol. The smallest absolute Gasteiger partial charge is 0.0498 e. The molecular weight excluding hydrogens is 294 g/mol. The average molecular weight is 303 g/mol. The van der Waals surface area contributed by atoms with Gasteiger partial charge < -0.3 is 4.57 Å². The second-order valence-corrected chi connectivity index (χ2v) is 4.68. The van der Waals surface area contributed by atoms with Gasteiger partial charge in [-0.3, -0.25) is 0 Å². The molecule has 2 rings (SSSR count). The lowest BCUT2D eigenvalue weighted by atomic mass is 10.1. The van der Waals surface area contributed by atoms with Crippen LogP contribution >= 0.6 is 31.9 Å². The minimum absolute atomic E-state index is 1.09. The molecule has 0 radical (unpaired) electrons. The van der Waals surface area contributed by atoms with Gasteiger partial charge >= 0.3 is 0 Å².